The first-order chi connectivity index (χ1) is 18.5. The van der Waals surface area contributed by atoms with Crippen LogP contribution < -0.4 is 20.5 Å². The van der Waals surface area contributed by atoms with Crippen LogP contribution in [0.4, 0.5) is 0 Å². The normalized spacial score (nSPS) is 14.9. The average molecular weight is 532 g/mol. The van der Waals surface area contributed by atoms with Crippen LogP contribution in [0.2, 0.25) is 0 Å². The van der Waals surface area contributed by atoms with Crippen LogP contribution in [0.3, 0.4) is 0 Å². The number of aryl methyl sites for hydroxylation is 1. The van der Waals surface area contributed by atoms with Crippen molar-refractivity contribution in [3.63, 3.8) is 0 Å². The summed E-state index contributed by atoms with van der Waals surface area (Å²) < 4.78 is 12.4. The number of nitrogens with zero attached hydrogens (tertiary/aromatic N) is 4. The molecule has 1 aliphatic carbocycles. The maximum Gasteiger partial charge on any atom is 0.279 e. The average Bonchev–Trinajstić information content (AvgIpc) is 3.29. The van der Waals surface area contributed by atoms with E-state index in [0.717, 1.165) is 41.5 Å². The van der Waals surface area contributed by atoms with Gasteiger partial charge in [-0.05, 0) is 60.1 Å². The smallest absolute Gasteiger partial charge is 0.279 e. The fraction of sp³-hybridized carbons (Fsp3) is 0.321. The molecule has 0 aliphatic heterocycles. The van der Waals surface area contributed by atoms with Crippen molar-refractivity contribution >= 4 is 33.7 Å². The topological polar surface area (TPSA) is 108 Å². The van der Waals surface area contributed by atoms with Crippen molar-refractivity contribution in [1.29, 1.82) is 0 Å². The minimum Gasteiger partial charge on any atom is -0.493 e. The number of rotatable bonds is 9. The van der Waals surface area contributed by atoms with Gasteiger partial charge in [0.15, 0.2) is 16.3 Å². The summed E-state index contributed by atoms with van der Waals surface area (Å²) in [6.07, 6.45) is 5.14. The van der Waals surface area contributed by atoms with E-state index in [0.29, 0.717) is 34.2 Å². The summed E-state index contributed by atoms with van der Waals surface area (Å²) in [7, 11) is 1.57. The van der Waals surface area contributed by atoms with Gasteiger partial charge in [-0.1, -0.05) is 42.5 Å². The summed E-state index contributed by atoms with van der Waals surface area (Å²) in [5.41, 5.74) is 5.15. The molecule has 0 bridgehead atoms. The molecule has 2 heterocycles. The summed E-state index contributed by atoms with van der Waals surface area (Å²) >= 11 is 1.53. The van der Waals surface area contributed by atoms with Crippen molar-refractivity contribution in [2.24, 2.45) is 11.0 Å². The molecule has 0 saturated heterocycles. The number of hydrogen-bond acceptors (Lipinski definition) is 8. The molecule has 0 radical (unpaired) electrons. The third-order valence-corrected chi connectivity index (χ3v) is 7.70. The van der Waals surface area contributed by atoms with E-state index < -0.39 is 5.91 Å². The predicted octanol–water partition coefficient (Wildman–Crippen LogP) is 3.76. The largest absolute Gasteiger partial charge is 0.493 e. The van der Waals surface area contributed by atoms with E-state index in [1.165, 1.54) is 28.0 Å². The predicted molar refractivity (Wildman–Crippen MR) is 147 cm³/mol. The Labute approximate surface area is 224 Å². The Morgan fingerprint density at radius 3 is 2.89 bits per heavy atom. The monoisotopic (exact) mass is 531 g/mol. The van der Waals surface area contributed by atoms with Gasteiger partial charge in [0.1, 0.15) is 6.54 Å². The van der Waals surface area contributed by atoms with Crippen LogP contribution in [0.5, 0.6) is 11.5 Å². The Hall–Kier alpha value is -4.05. The number of carbonyl (C=O) groups excluding carboxylic acids is 1. The lowest BCUT2D eigenvalue weighted by atomic mass is 9.89. The van der Waals surface area contributed by atoms with E-state index in [2.05, 4.69) is 39.9 Å². The summed E-state index contributed by atoms with van der Waals surface area (Å²) in [4.78, 5) is 27.4. The van der Waals surface area contributed by atoms with Gasteiger partial charge in [-0.3, -0.25) is 9.59 Å². The second-order valence-corrected chi connectivity index (χ2v) is 10.5. The zero-order valence-electron chi connectivity index (χ0n) is 21.3. The number of hydrogen-bond donors (Lipinski definition) is 1. The number of carbonyl (C=O) groups is 1. The number of ether oxygens (including phenoxy) is 2. The molecule has 5 rings (SSSR count). The molecule has 2 aromatic heterocycles. The van der Waals surface area contributed by atoms with E-state index >= 15 is 0 Å². The van der Waals surface area contributed by atoms with Crippen LogP contribution in [0.1, 0.15) is 34.9 Å². The van der Waals surface area contributed by atoms with Gasteiger partial charge in [-0.2, -0.15) is 5.10 Å². The van der Waals surface area contributed by atoms with E-state index in [-0.39, 0.29) is 12.1 Å². The lowest BCUT2D eigenvalue weighted by Crippen LogP contribution is -2.32. The summed E-state index contributed by atoms with van der Waals surface area (Å²) in [6, 6.07) is 15.5. The lowest BCUT2D eigenvalue weighted by Gasteiger charge is -2.17. The van der Waals surface area contributed by atoms with Crippen LogP contribution in [-0.4, -0.2) is 40.8 Å². The van der Waals surface area contributed by atoms with Crippen LogP contribution >= 0.6 is 11.3 Å². The van der Waals surface area contributed by atoms with Crippen LogP contribution in [0.15, 0.2) is 58.4 Å². The van der Waals surface area contributed by atoms with Gasteiger partial charge in [0.2, 0.25) is 0 Å². The molecule has 2 aromatic carbocycles. The van der Waals surface area contributed by atoms with E-state index in [9.17, 15) is 9.59 Å². The van der Waals surface area contributed by atoms with Crippen LogP contribution in [0.25, 0.3) is 10.2 Å². The molecule has 0 spiro atoms. The second kappa shape index (κ2) is 11.6. The molecule has 1 N–H and O–H groups in total. The van der Waals surface area contributed by atoms with E-state index in [1.54, 1.807) is 19.2 Å². The number of benzene rings is 2. The molecule has 9 nitrogen and oxygen atoms in total. The van der Waals surface area contributed by atoms with Crippen LogP contribution in [-0.2, 0) is 30.6 Å². The number of aromatic nitrogens is 3. The first-order valence-electron chi connectivity index (χ1n) is 12.6. The Morgan fingerprint density at radius 1 is 1.24 bits per heavy atom. The molecule has 1 aliphatic rings. The summed E-state index contributed by atoms with van der Waals surface area (Å²) in [6.45, 7) is 2.47. The molecule has 0 fully saturated rings. The highest BCUT2D eigenvalue weighted by atomic mass is 32.1. The molecule has 1 unspecified atom stereocenters. The fourth-order valence-corrected chi connectivity index (χ4v) is 5.87. The molecule has 196 valence electrons. The first-order valence-corrected chi connectivity index (χ1v) is 13.4. The van der Waals surface area contributed by atoms with Gasteiger partial charge in [-0.25, -0.2) is 10.1 Å². The Balaban J connectivity index is 1.19. The highest BCUT2D eigenvalue weighted by molar-refractivity contribution is 7.18. The summed E-state index contributed by atoms with van der Waals surface area (Å²) in [5, 5.41) is 12.8. The second-order valence-electron chi connectivity index (χ2n) is 9.37. The quantitative estimate of drug-likeness (QED) is 0.260. The van der Waals surface area contributed by atoms with Gasteiger partial charge in [-0.15, -0.1) is 16.4 Å². The number of methoxy groups -OCH3 is 1. The van der Waals surface area contributed by atoms with Gasteiger partial charge in [0, 0.05) is 11.3 Å². The number of fused-ring (bicyclic) bond motifs is 3. The van der Waals surface area contributed by atoms with Crippen molar-refractivity contribution in [3.05, 3.63) is 80.5 Å². The molecule has 10 heteroatoms. The van der Waals surface area contributed by atoms with Gasteiger partial charge < -0.3 is 9.47 Å². The minimum absolute atomic E-state index is 0.266. The van der Waals surface area contributed by atoms with E-state index in [4.69, 9.17) is 9.47 Å². The molecular formula is C28H29N5O4S. The zero-order chi connectivity index (χ0) is 26.5. The van der Waals surface area contributed by atoms with Crippen molar-refractivity contribution < 1.29 is 14.3 Å². The lowest BCUT2D eigenvalue weighted by molar-refractivity contribution is -0.121. The molecular weight excluding hydrogens is 502 g/mol. The Bertz CT molecular complexity index is 1530. The van der Waals surface area contributed by atoms with Crippen molar-refractivity contribution in [1.82, 2.24) is 20.4 Å². The Morgan fingerprint density at radius 2 is 2.08 bits per heavy atom. The van der Waals surface area contributed by atoms with Crippen molar-refractivity contribution in [2.75, 3.05) is 13.7 Å². The molecule has 1 amide bonds. The van der Waals surface area contributed by atoms with Gasteiger partial charge >= 0.3 is 0 Å². The zero-order valence-corrected chi connectivity index (χ0v) is 22.2. The summed E-state index contributed by atoms with van der Waals surface area (Å²) in [5.74, 6) is 1.32. The maximum atomic E-state index is 13.1. The highest BCUT2D eigenvalue weighted by Gasteiger charge is 2.24. The van der Waals surface area contributed by atoms with E-state index in [1.807, 2.05) is 24.3 Å². The third-order valence-electron chi connectivity index (χ3n) is 6.56. The van der Waals surface area contributed by atoms with Crippen LogP contribution in [0, 0.1) is 5.92 Å². The fourth-order valence-electron chi connectivity index (χ4n) is 4.55. The molecule has 0 saturated carbocycles. The third kappa shape index (κ3) is 5.75. The van der Waals surface area contributed by atoms with Crippen molar-refractivity contribution in [2.45, 2.75) is 39.2 Å². The number of nitrogens with one attached hydrogen (secondary N) is 1. The number of thiophene rings is 1. The molecule has 38 heavy (non-hydrogen) atoms. The SMILES string of the molecule is COc1cc(/C=N/NC(=O)Cn2nnc3sc4c(c3c2=O)CCC(C)C4)ccc1OCCc1ccccc1. The molecule has 1 atom stereocenters. The highest BCUT2D eigenvalue weighted by Crippen LogP contribution is 2.35. The van der Waals surface area contributed by atoms with Crippen molar-refractivity contribution in [3.8, 4) is 11.5 Å². The first kappa shape index (κ1) is 25.6. The number of amides is 1. The Kier molecular flexibility index (Phi) is 7.78. The van der Waals surface area contributed by atoms with Gasteiger partial charge in [0.05, 0.1) is 25.3 Å². The number of hydrazone groups is 1. The van der Waals surface area contributed by atoms with Gasteiger partial charge in [0.25, 0.3) is 11.5 Å². The minimum atomic E-state index is -0.470. The molecule has 4 aromatic rings. The standard InChI is InChI=1S/C28H29N5O4S/c1-18-8-10-21-24(14-18)38-27-26(21)28(35)33(32-31-27)17-25(34)30-29-16-20-9-11-22(23(15-20)36-2)37-13-12-19-6-4-3-5-7-19/h3-7,9,11,15-16,18H,8,10,12-14,17H2,1-2H3,(H,30,34)/b29-16+. The maximum absolute atomic E-state index is 13.1.